The van der Waals surface area contributed by atoms with Gasteiger partial charge in [-0.15, -0.1) is 0 Å². The van der Waals surface area contributed by atoms with Crippen molar-refractivity contribution >= 4 is 28.9 Å². The number of hydrogen-bond donors (Lipinski definition) is 1. The molecule has 1 aliphatic rings. The molecular weight excluding hydrogens is 405 g/mol. The summed E-state index contributed by atoms with van der Waals surface area (Å²) < 4.78 is 18.7. The molecule has 8 nitrogen and oxygen atoms in total. The Morgan fingerprint density at radius 1 is 1.10 bits per heavy atom. The van der Waals surface area contributed by atoms with Gasteiger partial charge in [0.1, 0.15) is 11.6 Å². The second kappa shape index (κ2) is 8.23. The van der Waals surface area contributed by atoms with E-state index in [9.17, 15) is 24.1 Å². The van der Waals surface area contributed by atoms with Crippen LogP contribution in [0.4, 0.5) is 21.5 Å². The van der Waals surface area contributed by atoms with Gasteiger partial charge in [0.15, 0.2) is 6.61 Å². The Hall–Kier alpha value is -4.27. The number of rotatable bonds is 5. The van der Waals surface area contributed by atoms with Crippen molar-refractivity contribution in [1.82, 2.24) is 0 Å². The van der Waals surface area contributed by atoms with E-state index in [-0.39, 0.29) is 36.1 Å². The quantitative estimate of drug-likeness (QED) is 0.497. The molecule has 0 saturated heterocycles. The second-order valence-corrected chi connectivity index (χ2v) is 6.84. The van der Waals surface area contributed by atoms with Gasteiger partial charge in [0.05, 0.1) is 17.2 Å². The van der Waals surface area contributed by atoms with Crippen LogP contribution < -0.4 is 15.0 Å². The Bertz CT molecular complexity index is 1160. The number of amides is 2. The third-order valence-electron chi connectivity index (χ3n) is 4.75. The first-order valence-corrected chi connectivity index (χ1v) is 9.28. The molecule has 31 heavy (non-hydrogen) atoms. The standard InChI is InChI=1S/C22H16FN3O5/c23-16-5-1-14(2-6-16)12-25-19-10-7-17(11-20(19)31-13-21(25)27)24-22(28)15-3-8-18(9-4-15)26(29)30/h1-11H,12-13H2,(H,24,28). The molecule has 0 bridgehead atoms. The zero-order valence-electron chi connectivity index (χ0n) is 16.1. The van der Waals surface area contributed by atoms with E-state index >= 15 is 0 Å². The lowest BCUT2D eigenvalue weighted by Gasteiger charge is -2.29. The minimum atomic E-state index is -0.540. The van der Waals surface area contributed by atoms with Crippen LogP contribution in [0.25, 0.3) is 0 Å². The number of ether oxygens (including phenoxy) is 1. The van der Waals surface area contributed by atoms with Crippen molar-refractivity contribution in [3.05, 3.63) is 93.8 Å². The predicted octanol–water partition coefficient (Wildman–Crippen LogP) is 3.91. The molecule has 0 radical (unpaired) electrons. The number of halogens is 1. The van der Waals surface area contributed by atoms with Gasteiger partial charge in [-0.25, -0.2) is 4.39 Å². The first kappa shape index (κ1) is 20.0. The number of carbonyl (C=O) groups excluding carboxylic acids is 2. The van der Waals surface area contributed by atoms with Crippen molar-refractivity contribution in [2.24, 2.45) is 0 Å². The summed E-state index contributed by atoms with van der Waals surface area (Å²) in [6.07, 6.45) is 0. The summed E-state index contributed by atoms with van der Waals surface area (Å²) in [5.74, 6) is -0.613. The maximum atomic E-state index is 13.1. The van der Waals surface area contributed by atoms with Crippen LogP contribution in [0.5, 0.6) is 5.75 Å². The molecule has 0 aliphatic carbocycles. The van der Waals surface area contributed by atoms with E-state index in [1.807, 2.05) is 0 Å². The fourth-order valence-electron chi connectivity index (χ4n) is 3.17. The highest BCUT2D eigenvalue weighted by Crippen LogP contribution is 2.35. The molecule has 2 amide bonds. The first-order chi connectivity index (χ1) is 14.9. The van der Waals surface area contributed by atoms with Gasteiger partial charge in [0, 0.05) is 29.4 Å². The minimum absolute atomic E-state index is 0.107. The number of hydrogen-bond acceptors (Lipinski definition) is 5. The SMILES string of the molecule is O=C(Nc1ccc2c(c1)OCC(=O)N2Cc1ccc(F)cc1)c1ccc([N+](=O)[O-])cc1. The Kier molecular flexibility index (Phi) is 5.31. The van der Waals surface area contributed by atoms with Gasteiger partial charge in [-0.05, 0) is 42.0 Å². The fraction of sp³-hybridized carbons (Fsp3) is 0.0909. The van der Waals surface area contributed by atoms with E-state index in [1.54, 1.807) is 30.3 Å². The van der Waals surface area contributed by atoms with E-state index in [0.717, 1.165) is 5.56 Å². The smallest absolute Gasteiger partial charge is 0.269 e. The van der Waals surface area contributed by atoms with Gasteiger partial charge in [-0.2, -0.15) is 0 Å². The molecule has 3 aromatic carbocycles. The van der Waals surface area contributed by atoms with Gasteiger partial charge in [-0.1, -0.05) is 12.1 Å². The summed E-state index contributed by atoms with van der Waals surface area (Å²) in [6.45, 7) is 0.0952. The van der Waals surface area contributed by atoms with Crippen molar-refractivity contribution in [3.8, 4) is 5.75 Å². The predicted molar refractivity (Wildman–Crippen MR) is 111 cm³/mol. The van der Waals surface area contributed by atoms with E-state index in [1.165, 1.54) is 41.3 Å². The number of fused-ring (bicyclic) bond motifs is 1. The van der Waals surface area contributed by atoms with Gasteiger partial charge in [0.25, 0.3) is 17.5 Å². The van der Waals surface area contributed by atoms with Crippen LogP contribution in [0, 0.1) is 15.9 Å². The van der Waals surface area contributed by atoms with Crippen LogP contribution in [0.15, 0.2) is 66.7 Å². The summed E-state index contributed by atoms with van der Waals surface area (Å²) >= 11 is 0. The third-order valence-corrected chi connectivity index (χ3v) is 4.75. The van der Waals surface area contributed by atoms with Gasteiger partial charge in [0.2, 0.25) is 0 Å². The lowest BCUT2D eigenvalue weighted by Crippen LogP contribution is -2.38. The molecule has 156 valence electrons. The molecule has 9 heteroatoms. The molecule has 1 heterocycles. The highest BCUT2D eigenvalue weighted by molar-refractivity contribution is 6.05. The topological polar surface area (TPSA) is 102 Å². The first-order valence-electron chi connectivity index (χ1n) is 9.28. The van der Waals surface area contributed by atoms with Crippen LogP contribution in [-0.2, 0) is 11.3 Å². The zero-order valence-corrected chi connectivity index (χ0v) is 16.1. The highest BCUT2D eigenvalue weighted by Gasteiger charge is 2.26. The molecule has 0 atom stereocenters. The number of carbonyl (C=O) groups is 2. The second-order valence-electron chi connectivity index (χ2n) is 6.84. The summed E-state index contributed by atoms with van der Waals surface area (Å²) in [6, 6.07) is 16.0. The number of nitrogens with zero attached hydrogens (tertiary/aromatic N) is 2. The number of benzene rings is 3. The van der Waals surface area contributed by atoms with Crippen molar-refractivity contribution in [2.75, 3.05) is 16.8 Å². The van der Waals surface area contributed by atoms with Gasteiger partial charge < -0.3 is 15.0 Å². The van der Waals surface area contributed by atoms with Crippen molar-refractivity contribution < 1.29 is 23.6 Å². The van der Waals surface area contributed by atoms with Crippen molar-refractivity contribution in [1.29, 1.82) is 0 Å². The summed E-state index contributed by atoms with van der Waals surface area (Å²) in [5, 5.41) is 13.4. The molecule has 0 fully saturated rings. The Labute approximate surface area is 176 Å². The average Bonchev–Trinajstić information content (AvgIpc) is 2.77. The molecule has 0 spiro atoms. The van der Waals surface area contributed by atoms with Crippen molar-refractivity contribution in [2.45, 2.75) is 6.54 Å². The summed E-state index contributed by atoms with van der Waals surface area (Å²) in [4.78, 5) is 36.5. The van der Waals surface area contributed by atoms with Crippen molar-refractivity contribution in [3.63, 3.8) is 0 Å². The van der Waals surface area contributed by atoms with E-state index < -0.39 is 10.8 Å². The largest absolute Gasteiger partial charge is 0.481 e. The fourth-order valence-corrected chi connectivity index (χ4v) is 3.17. The van der Waals surface area contributed by atoms with Crippen LogP contribution in [0.1, 0.15) is 15.9 Å². The van der Waals surface area contributed by atoms with E-state index in [2.05, 4.69) is 5.32 Å². The summed E-state index contributed by atoms with van der Waals surface area (Å²) in [5.41, 5.74) is 1.90. The average molecular weight is 421 g/mol. The molecule has 0 aromatic heterocycles. The molecule has 3 aromatic rings. The maximum Gasteiger partial charge on any atom is 0.269 e. The third kappa shape index (κ3) is 4.35. The van der Waals surface area contributed by atoms with Crippen LogP contribution in [0.2, 0.25) is 0 Å². The lowest BCUT2D eigenvalue weighted by atomic mass is 10.1. The molecule has 4 rings (SSSR count). The maximum absolute atomic E-state index is 13.1. The van der Waals surface area contributed by atoms with E-state index in [4.69, 9.17) is 4.74 Å². The molecule has 1 N–H and O–H groups in total. The van der Waals surface area contributed by atoms with E-state index in [0.29, 0.717) is 17.1 Å². The normalized spacial score (nSPS) is 12.7. The monoisotopic (exact) mass is 421 g/mol. The number of nitro groups is 1. The Morgan fingerprint density at radius 2 is 1.81 bits per heavy atom. The number of anilines is 2. The zero-order chi connectivity index (χ0) is 22.0. The van der Waals surface area contributed by atoms with Gasteiger partial charge in [-0.3, -0.25) is 19.7 Å². The lowest BCUT2D eigenvalue weighted by molar-refractivity contribution is -0.384. The molecule has 0 unspecified atom stereocenters. The summed E-state index contributed by atoms with van der Waals surface area (Å²) in [7, 11) is 0. The van der Waals surface area contributed by atoms with Crippen LogP contribution in [0.3, 0.4) is 0 Å². The molecule has 1 aliphatic heterocycles. The molecular formula is C22H16FN3O5. The van der Waals surface area contributed by atoms with Crippen LogP contribution in [-0.4, -0.2) is 23.3 Å². The Morgan fingerprint density at radius 3 is 2.48 bits per heavy atom. The highest BCUT2D eigenvalue weighted by atomic mass is 19.1. The number of nitrogens with one attached hydrogen (secondary N) is 1. The van der Waals surface area contributed by atoms with Gasteiger partial charge >= 0.3 is 0 Å². The minimum Gasteiger partial charge on any atom is -0.481 e. The van der Waals surface area contributed by atoms with Crippen LogP contribution >= 0.6 is 0 Å². The molecule has 0 saturated carbocycles. The number of nitro benzene ring substituents is 1. The number of non-ortho nitro benzene ring substituents is 1. The Balaban J connectivity index is 1.52.